The molecular formula is C29H24N2O3. The Morgan fingerprint density at radius 2 is 1.35 bits per heavy atom. The molecule has 0 aliphatic carbocycles. The maximum atomic E-state index is 6.18. The highest BCUT2D eigenvalue weighted by Gasteiger charge is 2.11. The summed E-state index contributed by atoms with van der Waals surface area (Å²) in [5.74, 6) is 2.68. The molecule has 0 aliphatic rings. The fourth-order valence-corrected chi connectivity index (χ4v) is 3.84. The standard InChI is InChI=1S/C29H24N2O3/c1-32-28-18-25-26(19-29(28)33-2)30-16-15-27(25)34-24-13-11-22(12-14-24)31-23-10-6-9-21(17-23)20-7-4-3-5-8-20/h3-19,31H,1-2H3. The number of fused-ring (bicyclic) bond motifs is 1. The summed E-state index contributed by atoms with van der Waals surface area (Å²) >= 11 is 0. The highest BCUT2D eigenvalue weighted by Crippen LogP contribution is 2.37. The number of hydrogen-bond acceptors (Lipinski definition) is 5. The van der Waals surface area contributed by atoms with Gasteiger partial charge in [0.15, 0.2) is 11.5 Å². The third-order valence-electron chi connectivity index (χ3n) is 5.55. The van der Waals surface area contributed by atoms with Crippen molar-refractivity contribution in [3.63, 3.8) is 0 Å². The molecule has 0 aliphatic heterocycles. The van der Waals surface area contributed by atoms with Gasteiger partial charge in [0.25, 0.3) is 0 Å². The van der Waals surface area contributed by atoms with Gasteiger partial charge in [-0.2, -0.15) is 0 Å². The smallest absolute Gasteiger partial charge is 0.162 e. The van der Waals surface area contributed by atoms with Crippen LogP contribution in [-0.2, 0) is 0 Å². The minimum absolute atomic E-state index is 0.630. The van der Waals surface area contributed by atoms with Gasteiger partial charge in [0.05, 0.1) is 19.7 Å². The number of hydrogen-bond donors (Lipinski definition) is 1. The molecule has 168 valence electrons. The van der Waals surface area contributed by atoms with Gasteiger partial charge in [-0.3, -0.25) is 4.98 Å². The first-order valence-electron chi connectivity index (χ1n) is 10.9. The monoisotopic (exact) mass is 448 g/mol. The van der Waals surface area contributed by atoms with E-state index in [1.807, 2.05) is 60.7 Å². The van der Waals surface area contributed by atoms with Crippen LogP contribution in [0.4, 0.5) is 11.4 Å². The number of benzene rings is 4. The molecule has 0 fully saturated rings. The lowest BCUT2D eigenvalue weighted by Gasteiger charge is -2.13. The van der Waals surface area contributed by atoms with E-state index < -0.39 is 0 Å². The molecule has 0 radical (unpaired) electrons. The molecule has 5 aromatic rings. The van der Waals surface area contributed by atoms with Crippen molar-refractivity contribution >= 4 is 22.3 Å². The first kappa shape index (κ1) is 21.3. The zero-order valence-corrected chi connectivity index (χ0v) is 19.0. The third-order valence-corrected chi connectivity index (χ3v) is 5.55. The summed E-state index contributed by atoms with van der Waals surface area (Å²) in [5, 5.41) is 4.31. The normalized spacial score (nSPS) is 10.6. The van der Waals surface area contributed by atoms with Gasteiger partial charge in [0.2, 0.25) is 0 Å². The molecule has 0 bridgehead atoms. The lowest BCUT2D eigenvalue weighted by molar-refractivity contribution is 0.355. The number of nitrogens with zero attached hydrogens (tertiary/aromatic N) is 1. The Hall–Kier alpha value is -4.51. The van der Waals surface area contributed by atoms with E-state index in [0.29, 0.717) is 17.2 Å². The summed E-state index contributed by atoms with van der Waals surface area (Å²) in [6.45, 7) is 0. The van der Waals surface area contributed by atoms with Crippen LogP contribution >= 0.6 is 0 Å². The Morgan fingerprint density at radius 3 is 2.12 bits per heavy atom. The average Bonchev–Trinajstić information content (AvgIpc) is 2.90. The Morgan fingerprint density at radius 1 is 0.618 bits per heavy atom. The second kappa shape index (κ2) is 9.55. The number of anilines is 2. The molecule has 1 aromatic heterocycles. The van der Waals surface area contributed by atoms with Crippen molar-refractivity contribution in [1.82, 2.24) is 4.98 Å². The SMILES string of the molecule is COc1cc2nccc(Oc3ccc(Nc4cccc(-c5ccccc5)c4)cc3)c2cc1OC. The van der Waals surface area contributed by atoms with Crippen LogP contribution in [0.5, 0.6) is 23.0 Å². The highest BCUT2D eigenvalue weighted by atomic mass is 16.5. The second-order valence-electron chi connectivity index (χ2n) is 7.73. The molecule has 0 saturated carbocycles. The topological polar surface area (TPSA) is 52.6 Å². The zero-order chi connectivity index (χ0) is 23.3. The van der Waals surface area contributed by atoms with Crippen LogP contribution in [0.1, 0.15) is 0 Å². The molecule has 0 unspecified atom stereocenters. The third kappa shape index (κ3) is 4.50. The maximum absolute atomic E-state index is 6.18. The van der Waals surface area contributed by atoms with Crippen LogP contribution < -0.4 is 19.5 Å². The Labute approximate surface area is 198 Å². The number of ether oxygens (including phenoxy) is 3. The van der Waals surface area contributed by atoms with Crippen molar-refractivity contribution in [3.05, 3.63) is 103 Å². The fraction of sp³-hybridized carbons (Fsp3) is 0.0690. The number of aromatic nitrogens is 1. The first-order chi connectivity index (χ1) is 16.7. The number of methoxy groups -OCH3 is 2. The van der Waals surface area contributed by atoms with Gasteiger partial charge in [0.1, 0.15) is 11.5 Å². The molecule has 0 saturated heterocycles. The molecule has 0 spiro atoms. The summed E-state index contributed by atoms with van der Waals surface area (Å²) < 4.78 is 17.0. The number of rotatable bonds is 7. The van der Waals surface area contributed by atoms with Crippen molar-refractivity contribution in [2.45, 2.75) is 0 Å². The molecule has 0 amide bonds. The summed E-state index contributed by atoms with van der Waals surface area (Å²) in [4.78, 5) is 4.43. The summed E-state index contributed by atoms with van der Waals surface area (Å²) in [6.07, 6.45) is 1.72. The van der Waals surface area contributed by atoms with Crippen molar-refractivity contribution in [2.24, 2.45) is 0 Å². The van der Waals surface area contributed by atoms with Gasteiger partial charge >= 0.3 is 0 Å². The van der Waals surface area contributed by atoms with Gasteiger partial charge in [-0.05, 0) is 59.7 Å². The molecule has 1 N–H and O–H groups in total. The second-order valence-corrected chi connectivity index (χ2v) is 7.73. The molecule has 0 atom stereocenters. The van der Waals surface area contributed by atoms with Crippen LogP contribution in [-0.4, -0.2) is 19.2 Å². The molecule has 1 heterocycles. The van der Waals surface area contributed by atoms with Gasteiger partial charge in [0, 0.05) is 29.0 Å². The van der Waals surface area contributed by atoms with E-state index in [2.05, 4.69) is 46.7 Å². The van der Waals surface area contributed by atoms with Gasteiger partial charge in [-0.15, -0.1) is 0 Å². The lowest BCUT2D eigenvalue weighted by Crippen LogP contribution is -1.94. The molecule has 5 rings (SSSR count). The predicted molar refractivity (Wildman–Crippen MR) is 137 cm³/mol. The van der Waals surface area contributed by atoms with E-state index in [0.717, 1.165) is 28.0 Å². The Balaban J connectivity index is 1.35. The van der Waals surface area contributed by atoms with Crippen molar-refractivity contribution in [2.75, 3.05) is 19.5 Å². The highest BCUT2D eigenvalue weighted by molar-refractivity contribution is 5.88. The molecule has 5 nitrogen and oxygen atoms in total. The molecule has 5 heteroatoms. The van der Waals surface area contributed by atoms with Crippen LogP contribution in [0.25, 0.3) is 22.0 Å². The van der Waals surface area contributed by atoms with E-state index in [-0.39, 0.29) is 0 Å². The van der Waals surface area contributed by atoms with E-state index in [1.54, 1.807) is 20.4 Å². The summed E-state index contributed by atoms with van der Waals surface area (Å²) in [7, 11) is 3.22. The van der Waals surface area contributed by atoms with Gasteiger partial charge < -0.3 is 19.5 Å². The van der Waals surface area contributed by atoms with E-state index in [1.165, 1.54) is 11.1 Å². The quantitative estimate of drug-likeness (QED) is 0.280. The number of pyridine rings is 1. The fourth-order valence-electron chi connectivity index (χ4n) is 3.84. The van der Waals surface area contributed by atoms with Crippen molar-refractivity contribution in [3.8, 4) is 34.1 Å². The van der Waals surface area contributed by atoms with E-state index >= 15 is 0 Å². The minimum atomic E-state index is 0.630. The largest absolute Gasteiger partial charge is 0.493 e. The summed E-state index contributed by atoms with van der Waals surface area (Å²) in [6, 6.07) is 32.2. The average molecular weight is 449 g/mol. The van der Waals surface area contributed by atoms with Crippen molar-refractivity contribution < 1.29 is 14.2 Å². The number of nitrogens with one attached hydrogen (secondary N) is 1. The minimum Gasteiger partial charge on any atom is -0.493 e. The van der Waals surface area contributed by atoms with E-state index in [4.69, 9.17) is 14.2 Å². The molecule has 4 aromatic carbocycles. The zero-order valence-electron chi connectivity index (χ0n) is 19.0. The predicted octanol–water partition coefficient (Wildman–Crippen LogP) is 7.45. The van der Waals surface area contributed by atoms with Crippen LogP contribution in [0.2, 0.25) is 0 Å². The lowest BCUT2D eigenvalue weighted by atomic mass is 10.1. The molecular weight excluding hydrogens is 424 g/mol. The van der Waals surface area contributed by atoms with Crippen LogP contribution in [0, 0.1) is 0 Å². The maximum Gasteiger partial charge on any atom is 0.162 e. The van der Waals surface area contributed by atoms with Crippen LogP contribution in [0.3, 0.4) is 0 Å². The first-order valence-corrected chi connectivity index (χ1v) is 10.9. The van der Waals surface area contributed by atoms with E-state index in [9.17, 15) is 0 Å². The summed E-state index contributed by atoms with van der Waals surface area (Å²) in [5.41, 5.74) is 5.13. The van der Waals surface area contributed by atoms with Crippen molar-refractivity contribution in [1.29, 1.82) is 0 Å². The Bertz CT molecular complexity index is 1420. The van der Waals surface area contributed by atoms with Crippen LogP contribution in [0.15, 0.2) is 103 Å². The Kier molecular flexibility index (Phi) is 5.99. The molecule has 34 heavy (non-hydrogen) atoms. The van der Waals surface area contributed by atoms with Gasteiger partial charge in [-0.1, -0.05) is 42.5 Å². The van der Waals surface area contributed by atoms with Gasteiger partial charge in [-0.25, -0.2) is 0 Å².